The van der Waals surface area contributed by atoms with Gasteiger partial charge in [0.05, 0.1) is 11.6 Å². The fourth-order valence-electron chi connectivity index (χ4n) is 1.17. The van der Waals surface area contributed by atoms with Gasteiger partial charge in [0, 0.05) is 0 Å². The van der Waals surface area contributed by atoms with E-state index in [0.29, 0.717) is 10.6 Å². The van der Waals surface area contributed by atoms with E-state index in [2.05, 4.69) is 0 Å². The number of aliphatic hydroxyl groups excluding tert-OH is 1. The fourth-order valence-corrected chi connectivity index (χ4v) is 1.46. The van der Waals surface area contributed by atoms with E-state index in [1.165, 1.54) is 6.07 Å². The van der Waals surface area contributed by atoms with Crippen molar-refractivity contribution in [2.45, 2.75) is 20.0 Å². The van der Waals surface area contributed by atoms with Gasteiger partial charge in [-0.15, -0.1) is 0 Å². The van der Waals surface area contributed by atoms with Gasteiger partial charge in [-0.05, 0) is 29.7 Å². The minimum Gasteiger partial charge on any atom is -0.508 e. The maximum atomic E-state index is 9.18. The number of hydrogen-bond acceptors (Lipinski definition) is 2. The van der Waals surface area contributed by atoms with Crippen LogP contribution in [0.25, 0.3) is 0 Å². The molecule has 0 aromatic heterocycles. The first-order valence-corrected chi connectivity index (χ1v) is 4.18. The number of rotatable bonds is 2. The Morgan fingerprint density at radius 3 is 2.58 bits per heavy atom. The predicted molar refractivity (Wildman–Crippen MR) is 48.4 cm³/mol. The topological polar surface area (TPSA) is 40.5 Å². The average Bonchev–Trinajstić information content (AvgIpc) is 2.03. The van der Waals surface area contributed by atoms with E-state index in [1.54, 1.807) is 6.07 Å². The Labute approximate surface area is 76.4 Å². The zero-order chi connectivity index (χ0) is 9.14. The van der Waals surface area contributed by atoms with Crippen LogP contribution in [0.15, 0.2) is 12.1 Å². The molecule has 66 valence electrons. The molecule has 0 aliphatic carbocycles. The van der Waals surface area contributed by atoms with Gasteiger partial charge in [0.25, 0.3) is 0 Å². The molecule has 1 rings (SSSR count). The second-order valence-electron chi connectivity index (χ2n) is 2.58. The third-order valence-electron chi connectivity index (χ3n) is 1.81. The lowest BCUT2D eigenvalue weighted by molar-refractivity contribution is 0.280. The third kappa shape index (κ3) is 1.71. The monoisotopic (exact) mass is 186 g/mol. The number of benzene rings is 1. The highest BCUT2D eigenvalue weighted by Gasteiger charge is 2.06. The summed E-state index contributed by atoms with van der Waals surface area (Å²) in [6, 6.07) is 3.06. The third-order valence-corrected chi connectivity index (χ3v) is 2.15. The Balaban J connectivity index is 3.24. The predicted octanol–water partition coefficient (Wildman–Crippen LogP) is 2.10. The van der Waals surface area contributed by atoms with E-state index in [-0.39, 0.29) is 12.4 Å². The zero-order valence-corrected chi connectivity index (χ0v) is 7.60. The van der Waals surface area contributed by atoms with Crippen LogP contribution < -0.4 is 0 Å². The molecule has 1 aromatic carbocycles. The van der Waals surface area contributed by atoms with Crippen LogP contribution in [0, 0.1) is 0 Å². The standard InChI is InChI=1S/C9H11ClO2/c1-2-6-3-7(12)4-9(10)8(6)5-11/h3-4,11-12H,2,5H2,1H3. The van der Waals surface area contributed by atoms with Gasteiger partial charge in [-0.1, -0.05) is 18.5 Å². The maximum Gasteiger partial charge on any atom is 0.117 e. The highest BCUT2D eigenvalue weighted by atomic mass is 35.5. The second kappa shape index (κ2) is 3.78. The molecule has 1 aromatic rings. The van der Waals surface area contributed by atoms with Crippen molar-refractivity contribution in [2.24, 2.45) is 0 Å². The molecule has 0 bridgehead atoms. The van der Waals surface area contributed by atoms with Crippen LogP contribution in [-0.2, 0) is 13.0 Å². The number of aliphatic hydroxyl groups is 1. The van der Waals surface area contributed by atoms with Crippen molar-refractivity contribution in [3.8, 4) is 5.75 Å². The molecule has 2 N–H and O–H groups in total. The van der Waals surface area contributed by atoms with E-state index >= 15 is 0 Å². The summed E-state index contributed by atoms with van der Waals surface area (Å²) in [5.41, 5.74) is 1.60. The molecule has 0 saturated heterocycles. The zero-order valence-electron chi connectivity index (χ0n) is 6.84. The molecule has 0 atom stereocenters. The lowest BCUT2D eigenvalue weighted by atomic mass is 10.1. The van der Waals surface area contributed by atoms with Crippen LogP contribution >= 0.6 is 11.6 Å². The highest BCUT2D eigenvalue weighted by molar-refractivity contribution is 6.31. The van der Waals surface area contributed by atoms with Gasteiger partial charge in [-0.2, -0.15) is 0 Å². The molecule has 0 aliphatic rings. The van der Waals surface area contributed by atoms with Gasteiger partial charge < -0.3 is 10.2 Å². The van der Waals surface area contributed by atoms with Crippen molar-refractivity contribution in [3.05, 3.63) is 28.3 Å². The first-order valence-electron chi connectivity index (χ1n) is 3.80. The summed E-state index contributed by atoms with van der Waals surface area (Å²) < 4.78 is 0. The molecule has 0 radical (unpaired) electrons. The van der Waals surface area contributed by atoms with Crippen LogP contribution in [0.5, 0.6) is 5.75 Å². The molecule has 0 saturated carbocycles. The number of aryl methyl sites for hydroxylation is 1. The Morgan fingerprint density at radius 2 is 2.08 bits per heavy atom. The lowest BCUT2D eigenvalue weighted by Crippen LogP contribution is -1.93. The van der Waals surface area contributed by atoms with Crippen LogP contribution in [0.1, 0.15) is 18.1 Å². The number of aromatic hydroxyl groups is 1. The maximum absolute atomic E-state index is 9.18. The van der Waals surface area contributed by atoms with Gasteiger partial charge in [0.1, 0.15) is 5.75 Å². The summed E-state index contributed by atoms with van der Waals surface area (Å²) in [7, 11) is 0. The van der Waals surface area contributed by atoms with Crippen LogP contribution in [0.4, 0.5) is 0 Å². The van der Waals surface area contributed by atoms with Crippen LogP contribution in [0.2, 0.25) is 5.02 Å². The Kier molecular flexibility index (Phi) is 2.95. The van der Waals surface area contributed by atoms with Gasteiger partial charge in [-0.25, -0.2) is 0 Å². The molecule has 0 amide bonds. The van der Waals surface area contributed by atoms with Crippen LogP contribution in [-0.4, -0.2) is 10.2 Å². The quantitative estimate of drug-likeness (QED) is 0.743. The fraction of sp³-hybridized carbons (Fsp3) is 0.333. The van der Waals surface area contributed by atoms with E-state index < -0.39 is 0 Å². The van der Waals surface area contributed by atoms with Gasteiger partial charge in [-0.3, -0.25) is 0 Å². The van der Waals surface area contributed by atoms with Crippen molar-refractivity contribution in [3.63, 3.8) is 0 Å². The van der Waals surface area contributed by atoms with Crippen LogP contribution in [0.3, 0.4) is 0 Å². The largest absolute Gasteiger partial charge is 0.508 e. The molecule has 2 nitrogen and oxygen atoms in total. The van der Waals surface area contributed by atoms with Crippen molar-refractivity contribution < 1.29 is 10.2 Å². The average molecular weight is 187 g/mol. The summed E-state index contributed by atoms with van der Waals surface area (Å²) in [4.78, 5) is 0. The minimum atomic E-state index is -0.0811. The highest BCUT2D eigenvalue weighted by Crippen LogP contribution is 2.26. The molecule has 0 fully saturated rings. The summed E-state index contributed by atoms with van der Waals surface area (Å²) in [6.07, 6.45) is 0.754. The molecule has 0 aliphatic heterocycles. The normalized spacial score (nSPS) is 10.2. The molecule has 3 heteroatoms. The Bertz CT molecular complexity index is 284. The molecule has 12 heavy (non-hydrogen) atoms. The summed E-state index contributed by atoms with van der Waals surface area (Å²) in [5, 5.41) is 18.6. The van der Waals surface area contributed by atoms with E-state index in [9.17, 15) is 5.11 Å². The summed E-state index contributed by atoms with van der Waals surface area (Å²) in [6.45, 7) is 1.87. The number of halogens is 1. The van der Waals surface area contributed by atoms with Gasteiger partial charge >= 0.3 is 0 Å². The van der Waals surface area contributed by atoms with E-state index in [1.807, 2.05) is 6.92 Å². The first kappa shape index (κ1) is 9.36. The number of phenolic OH excluding ortho intramolecular Hbond substituents is 1. The summed E-state index contributed by atoms with van der Waals surface area (Å²) in [5.74, 6) is 0.147. The SMILES string of the molecule is CCc1cc(O)cc(Cl)c1CO. The Morgan fingerprint density at radius 1 is 1.42 bits per heavy atom. The lowest BCUT2D eigenvalue weighted by Gasteiger charge is -2.07. The van der Waals surface area contributed by atoms with Crippen molar-refractivity contribution in [1.82, 2.24) is 0 Å². The van der Waals surface area contributed by atoms with Crippen molar-refractivity contribution in [1.29, 1.82) is 0 Å². The summed E-state index contributed by atoms with van der Waals surface area (Å²) >= 11 is 5.79. The molecule has 0 unspecified atom stereocenters. The van der Waals surface area contributed by atoms with E-state index in [4.69, 9.17) is 16.7 Å². The molecular formula is C9H11ClO2. The number of hydrogen-bond donors (Lipinski definition) is 2. The first-order chi connectivity index (χ1) is 5.69. The van der Waals surface area contributed by atoms with Gasteiger partial charge in [0.15, 0.2) is 0 Å². The molecule has 0 heterocycles. The second-order valence-corrected chi connectivity index (χ2v) is 2.98. The smallest absolute Gasteiger partial charge is 0.117 e. The van der Waals surface area contributed by atoms with Crippen molar-refractivity contribution >= 4 is 11.6 Å². The number of phenols is 1. The van der Waals surface area contributed by atoms with Crippen molar-refractivity contribution in [2.75, 3.05) is 0 Å². The molecule has 0 spiro atoms. The van der Waals surface area contributed by atoms with E-state index in [0.717, 1.165) is 12.0 Å². The molecular weight excluding hydrogens is 176 g/mol. The van der Waals surface area contributed by atoms with Gasteiger partial charge in [0.2, 0.25) is 0 Å². The minimum absolute atomic E-state index is 0.0811. The Hall–Kier alpha value is -0.730.